The summed E-state index contributed by atoms with van der Waals surface area (Å²) in [5, 5.41) is 0. The summed E-state index contributed by atoms with van der Waals surface area (Å²) in [6, 6.07) is 0. The van der Waals surface area contributed by atoms with Crippen molar-refractivity contribution in [3.05, 3.63) is 0 Å². The molecule has 1 aliphatic heterocycles. The van der Waals surface area contributed by atoms with E-state index in [4.69, 9.17) is 0 Å². The first kappa shape index (κ1) is 8.43. The van der Waals surface area contributed by atoms with Gasteiger partial charge in [0.2, 0.25) is 0 Å². The lowest BCUT2D eigenvalue weighted by Gasteiger charge is -2.14. The monoisotopic (exact) mass is 163 g/mol. The first-order valence-corrected chi connectivity index (χ1v) is 3.68. The standard InChI is InChI=1S/C7H11F2NO/c1-5-2-3-10(4-5)7(11)6(8)9/h5-6H,2-4H2,1H3. The van der Waals surface area contributed by atoms with E-state index in [1.807, 2.05) is 6.92 Å². The highest BCUT2D eigenvalue weighted by Crippen LogP contribution is 2.16. The van der Waals surface area contributed by atoms with Crippen LogP contribution in [-0.4, -0.2) is 30.3 Å². The first-order valence-electron chi connectivity index (χ1n) is 3.68. The highest BCUT2D eigenvalue weighted by Gasteiger charge is 2.28. The molecule has 0 aromatic rings. The minimum absolute atomic E-state index is 0.373. The van der Waals surface area contributed by atoms with Gasteiger partial charge in [0.1, 0.15) is 0 Å². The van der Waals surface area contributed by atoms with Gasteiger partial charge in [-0.2, -0.15) is 8.78 Å². The Labute approximate surface area is 64.2 Å². The molecule has 0 aromatic carbocycles. The van der Waals surface area contributed by atoms with Crippen LogP contribution in [0.25, 0.3) is 0 Å². The number of hydrogen-bond acceptors (Lipinski definition) is 1. The van der Waals surface area contributed by atoms with E-state index < -0.39 is 12.3 Å². The second-order valence-corrected chi connectivity index (χ2v) is 2.98. The topological polar surface area (TPSA) is 20.3 Å². The van der Waals surface area contributed by atoms with E-state index in [2.05, 4.69) is 0 Å². The van der Waals surface area contributed by atoms with E-state index in [1.165, 1.54) is 4.90 Å². The number of carbonyl (C=O) groups is 1. The van der Waals surface area contributed by atoms with Gasteiger partial charge in [-0.3, -0.25) is 4.79 Å². The van der Waals surface area contributed by atoms with Crippen molar-refractivity contribution in [2.45, 2.75) is 19.8 Å². The average molecular weight is 163 g/mol. The SMILES string of the molecule is CC1CCN(C(=O)C(F)F)C1. The molecule has 0 N–H and O–H groups in total. The summed E-state index contributed by atoms with van der Waals surface area (Å²) in [6.07, 6.45) is -1.99. The summed E-state index contributed by atoms with van der Waals surface area (Å²) >= 11 is 0. The zero-order valence-corrected chi connectivity index (χ0v) is 6.39. The molecule has 4 heteroatoms. The minimum atomic E-state index is -2.83. The van der Waals surface area contributed by atoms with Gasteiger partial charge < -0.3 is 4.90 Å². The van der Waals surface area contributed by atoms with Crippen LogP contribution in [-0.2, 0) is 4.79 Å². The Morgan fingerprint density at radius 2 is 2.27 bits per heavy atom. The molecule has 11 heavy (non-hydrogen) atoms. The van der Waals surface area contributed by atoms with E-state index in [9.17, 15) is 13.6 Å². The molecule has 1 amide bonds. The molecular weight excluding hydrogens is 152 g/mol. The van der Waals surface area contributed by atoms with Gasteiger partial charge in [0, 0.05) is 13.1 Å². The molecule has 0 saturated carbocycles. The van der Waals surface area contributed by atoms with Crippen LogP contribution in [0.2, 0.25) is 0 Å². The van der Waals surface area contributed by atoms with Crippen molar-refractivity contribution in [2.24, 2.45) is 5.92 Å². The molecule has 64 valence electrons. The summed E-state index contributed by atoms with van der Waals surface area (Å²) in [4.78, 5) is 11.9. The zero-order chi connectivity index (χ0) is 8.43. The van der Waals surface area contributed by atoms with Crippen LogP contribution in [0.3, 0.4) is 0 Å². The van der Waals surface area contributed by atoms with Crippen LogP contribution in [0, 0.1) is 5.92 Å². The fraction of sp³-hybridized carbons (Fsp3) is 0.857. The predicted molar refractivity (Wildman–Crippen MR) is 36.4 cm³/mol. The van der Waals surface area contributed by atoms with Crippen LogP contribution in [0.15, 0.2) is 0 Å². The van der Waals surface area contributed by atoms with Crippen molar-refractivity contribution in [3.8, 4) is 0 Å². The van der Waals surface area contributed by atoms with Gasteiger partial charge in [-0.05, 0) is 12.3 Å². The van der Waals surface area contributed by atoms with Crippen molar-refractivity contribution < 1.29 is 13.6 Å². The zero-order valence-electron chi connectivity index (χ0n) is 6.39. The fourth-order valence-corrected chi connectivity index (χ4v) is 1.27. The van der Waals surface area contributed by atoms with Crippen LogP contribution < -0.4 is 0 Å². The number of alkyl halides is 2. The van der Waals surface area contributed by atoms with E-state index in [0.717, 1.165) is 6.42 Å². The molecule has 1 rings (SSSR count). The van der Waals surface area contributed by atoms with Crippen molar-refractivity contribution in [3.63, 3.8) is 0 Å². The summed E-state index contributed by atoms with van der Waals surface area (Å²) in [5.41, 5.74) is 0. The van der Waals surface area contributed by atoms with Crippen molar-refractivity contribution >= 4 is 5.91 Å². The van der Waals surface area contributed by atoms with Gasteiger partial charge in [-0.1, -0.05) is 6.92 Å². The van der Waals surface area contributed by atoms with Gasteiger partial charge in [0.15, 0.2) is 0 Å². The highest BCUT2D eigenvalue weighted by atomic mass is 19.3. The molecule has 0 aromatic heterocycles. The Morgan fingerprint density at radius 1 is 1.64 bits per heavy atom. The number of hydrogen-bond donors (Lipinski definition) is 0. The van der Waals surface area contributed by atoms with E-state index in [0.29, 0.717) is 19.0 Å². The number of halogens is 2. The summed E-state index contributed by atoms with van der Waals surface area (Å²) in [7, 11) is 0. The maximum atomic E-state index is 11.8. The fourth-order valence-electron chi connectivity index (χ4n) is 1.27. The largest absolute Gasteiger partial charge is 0.337 e. The second kappa shape index (κ2) is 3.15. The third-order valence-electron chi connectivity index (χ3n) is 1.92. The van der Waals surface area contributed by atoms with Gasteiger partial charge in [-0.15, -0.1) is 0 Å². The lowest BCUT2D eigenvalue weighted by atomic mass is 10.2. The van der Waals surface area contributed by atoms with E-state index in [1.54, 1.807) is 0 Å². The lowest BCUT2D eigenvalue weighted by Crippen LogP contribution is -2.33. The maximum Gasteiger partial charge on any atom is 0.315 e. The molecule has 1 unspecified atom stereocenters. The Morgan fingerprint density at radius 3 is 2.64 bits per heavy atom. The molecule has 1 atom stereocenters. The van der Waals surface area contributed by atoms with Crippen molar-refractivity contribution in [1.29, 1.82) is 0 Å². The van der Waals surface area contributed by atoms with E-state index in [-0.39, 0.29) is 0 Å². The first-order chi connectivity index (χ1) is 5.11. The molecule has 1 heterocycles. The predicted octanol–water partition coefficient (Wildman–Crippen LogP) is 1.12. The van der Waals surface area contributed by atoms with Gasteiger partial charge >= 0.3 is 6.43 Å². The number of rotatable bonds is 1. The molecule has 2 nitrogen and oxygen atoms in total. The van der Waals surface area contributed by atoms with Crippen molar-refractivity contribution in [2.75, 3.05) is 13.1 Å². The molecule has 0 spiro atoms. The molecule has 1 aliphatic rings. The average Bonchev–Trinajstić information content (AvgIpc) is 2.34. The van der Waals surface area contributed by atoms with Gasteiger partial charge in [0.05, 0.1) is 0 Å². The Hall–Kier alpha value is -0.670. The minimum Gasteiger partial charge on any atom is -0.337 e. The third kappa shape index (κ3) is 1.88. The number of nitrogens with zero attached hydrogens (tertiary/aromatic N) is 1. The molecule has 0 bridgehead atoms. The quantitative estimate of drug-likeness (QED) is 0.567. The molecule has 1 fully saturated rings. The third-order valence-corrected chi connectivity index (χ3v) is 1.92. The van der Waals surface area contributed by atoms with Crippen LogP contribution in [0.1, 0.15) is 13.3 Å². The summed E-state index contributed by atoms with van der Waals surface area (Å²) < 4.78 is 23.6. The van der Waals surface area contributed by atoms with Crippen LogP contribution in [0.5, 0.6) is 0 Å². The van der Waals surface area contributed by atoms with Gasteiger partial charge in [-0.25, -0.2) is 0 Å². The smallest absolute Gasteiger partial charge is 0.315 e. The van der Waals surface area contributed by atoms with Crippen molar-refractivity contribution in [1.82, 2.24) is 4.90 Å². The number of amides is 1. The summed E-state index contributed by atoms with van der Waals surface area (Å²) in [5.74, 6) is -0.646. The van der Waals surface area contributed by atoms with Gasteiger partial charge in [0.25, 0.3) is 5.91 Å². The van der Waals surface area contributed by atoms with Crippen LogP contribution >= 0.6 is 0 Å². The molecular formula is C7H11F2NO. The molecule has 0 aliphatic carbocycles. The highest BCUT2D eigenvalue weighted by molar-refractivity contribution is 5.79. The lowest BCUT2D eigenvalue weighted by molar-refractivity contribution is -0.141. The summed E-state index contributed by atoms with van der Waals surface area (Å²) in [6.45, 7) is 2.94. The maximum absolute atomic E-state index is 11.8. The Kier molecular flexibility index (Phi) is 2.42. The normalized spacial score (nSPS) is 24.7. The number of likely N-dealkylation sites (tertiary alicyclic amines) is 1. The molecule has 1 saturated heterocycles. The second-order valence-electron chi connectivity index (χ2n) is 2.98. The van der Waals surface area contributed by atoms with E-state index >= 15 is 0 Å². The Bertz CT molecular complexity index is 161. The Balaban J connectivity index is 2.43. The number of carbonyl (C=O) groups excluding carboxylic acids is 1. The van der Waals surface area contributed by atoms with Crippen LogP contribution in [0.4, 0.5) is 8.78 Å². The molecule has 0 radical (unpaired) electrons.